The maximum Gasteiger partial charge on any atom is 0.291 e. The van der Waals surface area contributed by atoms with Crippen LogP contribution in [0.3, 0.4) is 0 Å². The summed E-state index contributed by atoms with van der Waals surface area (Å²) in [4.78, 5) is 25.8. The van der Waals surface area contributed by atoms with Gasteiger partial charge in [0.05, 0.1) is 12.8 Å². The fourth-order valence-electron chi connectivity index (χ4n) is 4.46. The summed E-state index contributed by atoms with van der Waals surface area (Å²) in [7, 11) is 1.55. The fraction of sp³-hybridized carbons (Fsp3) is 0.179. The molecule has 1 aliphatic rings. The summed E-state index contributed by atoms with van der Waals surface area (Å²) in [6.45, 7) is 1.85. The lowest BCUT2D eigenvalue weighted by Crippen LogP contribution is -2.22. The predicted octanol–water partition coefficient (Wildman–Crippen LogP) is 5.47. The molecule has 7 nitrogen and oxygen atoms in total. The Morgan fingerprint density at radius 2 is 1.77 bits per heavy atom. The molecule has 0 saturated heterocycles. The van der Waals surface area contributed by atoms with Crippen molar-refractivity contribution in [2.75, 3.05) is 12.4 Å². The van der Waals surface area contributed by atoms with E-state index in [2.05, 4.69) is 15.8 Å². The zero-order chi connectivity index (χ0) is 24.4. The van der Waals surface area contributed by atoms with Gasteiger partial charge in [0.15, 0.2) is 5.76 Å². The van der Waals surface area contributed by atoms with Crippen molar-refractivity contribution in [3.63, 3.8) is 0 Å². The molecule has 176 valence electrons. The number of furan rings is 1. The third-order valence-electron chi connectivity index (χ3n) is 6.19. The number of amides is 2. The minimum atomic E-state index is -0.335. The van der Waals surface area contributed by atoms with Gasteiger partial charge >= 0.3 is 0 Å². The number of nitrogens with zero attached hydrogens (tertiary/aromatic N) is 1. The van der Waals surface area contributed by atoms with E-state index in [-0.39, 0.29) is 17.6 Å². The standard InChI is InChI=1S/C28H25N3O4/c1-17-25-23(30-31-27(32)19-10-5-11-20(16-19)34-2)14-7-15-24(25)35-26(17)28(33)29-22-13-6-9-18-8-3-4-12-21(18)22/h3-6,8-13,16H,7,14-15H2,1-2H3,(H,29,33)(H,31,32)/b30-23+. The number of benzene rings is 3. The number of fused-ring (bicyclic) bond motifs is 2. The first-order valence-electron chi connectivity index (χ1n) is 11.5. The van der Waals surface area contributed by atoms with E-state index in [4.69, 9.17) is 9.15 Å². The van der Waals surface area contributed by atoms with Crippen molar-refractivity contribution in [2.45, 2.75) is 26.2 Å². The van der Waals surface area contributed by atoms with E-state index in [9.17, 15) is 9.59 Å². The minimum absolute atomic E-state index is 0.261. The molecule has 1 heterocycles. The van der Waals surface area contributed by atoms with E-state index in [0.717, 1.165) is 28.4 Å². The molecule has 0 saturated carbocycles. The third kappa shape index (κ3) is 4.40. The Morgan fingerprint density at radius 3 is 2.63 bits per heavy atom. The van der Waals surface area contributed by atoms with Crippen molar-refractivity contribution in [3.8, 4) is 5.75 Å². The van der Waals surface area contributed by atoms with Crippen molar-refractivity contribution in [1.82, 2.24) is 5.43 Å². The molecule has 2 N–H and O–H groups in total. The van der Waals surface area contributed by atoms with Gasteiger partial charge in [-0.05, 0) is 49.4 Å². The summed E-state index contributed by atoms with van der Waals surface area (Å²) < 4.78 is 11.2. The number of hydrogen-bond acceptors (Lipinski definition) is 5. The van der Waals surface area contributed by atoms with Crippen LogP contribution in [0.2, 0.25) is 0 Å². The minimum Gasteiger partial charge on any atom is -0.497 e. The van der Waals surface area contributed by atoms with Crippen LogP contribution in [0, 0.1) is 6.92 Å². The van der Waals surface area contributed by atoms with Gasteiger partial charge < -0.3 is 14.5 Å². The summed E-state index contributed by atoms with van der Waals surface area (Å²) in [6.07, 6.45) is 2.20. The molecule has 35 heavy (non-hydrogen) atoms. The summed E-state index contributed by atoms with van der Waals surface area (Å²) >= 11 is 0. The van der Waals surface area contributed by atoms with Crippen molar-refractivity contribution >= 4 is 34.0 Å². The Labute approximate surface area is 202 Å². The van der Waals surface area contributed by atoms with Crippen LogP contribution in [-0.4, -0.2) is 24.6 Å². The first-order chi connectivity index (χ1) is 17.0. The highest BCUT2D eigenvalue weighted by Gasteiger charge is 2.28. The van der Waals surface area contributed by atoms with Gasteiger partial charge in [-0.1, -0.05) is 42.5 Å². The number of carbonyl (C=O) groups excluding carboxylic acids is 2. The normalized spacial score (nSPS) is 13.9. The lowest BCUT2D eigenvalue weighted by atomic mass is 9.93. The highest BCUT2D eigenvalue weighted by Crippen LogP contribution is 2.31. The molecule has 0 fully saturated rings. The monoisotopic (exact) mass is 467 g/mol. The molecule has 1 aliphatic carbocycles. The van der Waals surface area contributed by atoms with Crippen LogP contribution in [0.15, 0.2) is 76.2 Å². The highest BCUT2D eigenvalue weighted by molar-refractivity contribution is 6.11. The zero-order valence-corrected chi connectivity index (χ0v) is 19.6. The van der Waals surface area contributed by atoms with Crippen LogP contribution in [0.1, 0.15) is 50.6 Å². The smallest absolute Gasteiger partial charge is 0.291 e. The number of carbonyl (C=O) groups is 2. The van der Waals surface area contributed by atoms with Crippen molar-refractivity contribution in [3.05, 3.63) is 94.9 Å². The van der Waals surface area contributed by atoms with Crippen molar-refractivity contribution in [2.24, 2.45) is 5.10 Å². The molecule has 0 aliphatic heterocycles. The lowest BCUT2D eigenvalue weighted by molar-refractivity contribution is 0.0953. The molecule has 0 atom stereocenters. The number of aryl methyl sites for hydroxylation is 1. The summed E-state index contributed by atoms with van der Waals surface area (Å²) in [5, 5.41) is 9.40. The second-order valence-electron chi connectivity index (χ2n) is 8.42. The molecule has 2 amide bonds. The van der Waals surface area contributed by atoms with E-state index in [1.165, 1.54) is 0 Å². The molecule has 0 radical (unpaired) electrons. The molecule has 3 aromatic carbocycles. The molecule has 0 bridgehead atoms. The number of hydrogen-bond donors (Lipinski definition) is 2. The van der Waals surface area contributed by atoms with Crippen LogP contribution in [0.5, 0.6) is 5.75 Å². The quantitative estimate of drug-likeness (QED) is 0.381. The summed E-state index contributed by atoms with van der Waals surface area (Å²) in [5.41, 5.74) is 6.02. The average molecular weight is 468 g/mol. The Hall–Kier alpha value is -4.39. The number of ether oxygens (including phenoxy) is 1. The Kier molecular flexibility index (Phi) is 6.06. The van der Waals surface area contributed by atoms with Gasteiger partial charge in [0.1, 0.15) is 11.5 Å². The van der Waals surface area contributed by atoms with Crippen LogP contribution < -0.4 is 15.5 Å². The topological polar surface area (TPSA) is 92.9 Å². The fourth-order valence-corrected chi connectivity index (χ4v) is 4.46. The van der Waals surface area contributed by atoms with Gasteiger partial charge in [0, 0.05) is 34.2 Å². The molecular weight excluding hydrogens is 442 g/mol. The second-order valence-corrected chi connectivity index (χ2v) is 8.42. The van der Waals surface area contributed by atoms with Crippen LogP contribution in [0.4, 0.5) is 5.69 Å². The van der Waals surface area contributed by atoms with E-state index in [1.807, 2.05) is 49.4 Å². The van der Waals surface area contributed by atoms with E-state index >= 15 is 0 Å². The van der Waals surface area contributed by atoms with Crippen molar-refractivity contribution < 1.29 is 18.7 Å². The SMILES string of the molecule is COc1cccc(C(=O)N/N=C2\CCCc3oc(C(=O)Nc4cccc5ccccc45)c(C)c32)c1. The third-order valence-corrected chi connectivity index (χ3v) is 6.19. The molecule has 0 spiro atoms. The van der Waals surface area contributed by atoms with E-state index < -0.39 is 0 Å². The predicted molar refractivity (Wildman–Crippen MR) is 135 cm³/mol. The Bertz CT molecular complexity index is 1460. The largest absolute Gasteiger partial charge is 0.497 e. The number of hydrazone groups is 1. The highest BCUT2D eigenvalue weighted by atomic mass is 16.5. The number of nitrogens with one attached hydrogen (secondary N) is 2. The van der Waals surface area contributed by atoms with Gasteiger partial charge in [-0.25, -0.2) is 5.43 Å². The maximum absolute atomic E-state index is 13.2. The van der Waals surface area contributed by atoms with E-state index in [0.29, 0.717) is 41.2 Å². The first-order valence-corrected chi connectivity index (χ1v) is 11.5. The maximum atomic E-state index is 13.2. The van der Waals surface area contributed by atoms with Crippen LogP contribution >= 0.6 is 0 Å². The molecule has 0 unspecified atom stereocenters. The van der Waals surface area contributed by atoms with Gasteiger partial charge in [-0.2, -0.15) is 5.10 Å². The molecule has 7 heteroatoms. The van der Waals surface area contributed by atoms with Gasteiger partial charge in [0.25, 0.3) is 11.8 Å². The summed E-state index contributed by atoms with van der Waals surface area (Å²) in [5.74, 6) is 0.923. The van der Waals surface area contributed by atoms with Gasteiger partial charge in [-0.15, -0.1) is 0 Å². The van der Waals surface area contributed by atoms with E-state index in [1.54, 1.807) is 31.4 Å². The van der Waals surface area contributed by atoms with Crippen LogP contribution in [0.25, 0.3) is 10.8 Å². The van der Waals surface area contributed by atoms with Gasteiger partial charge in [0.2, 0.25) is 0 Å². The molecule has 5 rings (SSSR count). The zero-order valence-electron chi connectivity index (χ0n) is 19.6. The van der Waals surface area contributed by atoms with Gasteiger partial charge in [-0.3, -0.25) is 9.59 Å². The molecular formula is C28H25N3O4. The molecule has 4 aromatic rings. The summed E-state index contributed by atoms with van der Waals surface area (Å²) in [6, 6.07) is 20.5. The van der Waals surface area contributed by atoms with Crippen molar-refractivity contribution in [1.29, 1.82) is 0 Å². The number of methoxy groups -OCH3 is 1. The Balaban J connectivity index is 1.40. The second kappa shape index (κ2) is 9.46. The average Bonchev–Trinajstić information content (AvgIpc) is 3.24. The van der Waals surface area contributed by atoms with Crippen LogP contribution in [-0.2, 0) is 6.42 Å². The number of anilines is 1. The first kappa shape index (κ1) is 22.4. The molecule has 1 aromatic heterocycles. The number of rotatable bonds is 5. The Morgan fingerprint density at radius 1 is 0.971 bits per heavy atom. The lowest BCUT2D eigenvalue weighted by Gasteiger charge is -2.13.